The monoisotopic (exact) mass is 342 g/mol. The van der Waals surface area contributed by atoms with Crippen LogP contribution in [0.3, 0.4) is 0 Å². The van der Waals surface area contributed by atoms with Crippen LogP contribution < -0.4 is 10.2 Å². The molecule has 0 fully saturated rings. The molecule has 0 spiro atoms. The Hall–Kier alpha value is -2.03. The first kappa shape index (κ1) is 19.3. The zero-order valence-electron chi connectivity index (χ0n) is 16.7. The molecule has 0 aromatic carbocycles. The van der Waals surface area contributed by atoms with E-state index in [1.54, 1.807) is 14.0 Å². The number of allylic oxidation sites excluding steroid dienone is 6. The van der Waals surface area contributed by atoms with Crippen molar-refractivity contribution in [2.75, 3.05) is 7.11 Å². The highest BCUT2D eigenvalue weighted by atomic mass is 16.6. The summed E-state index contributed by atoms with van der Waals surface area (Å²) in [6.07, 6.45) is 7.68. The molecule has 2 atom stereocenters. The molecule has 3 heteroatoms. The molecule has 1 aliphatic carbocycles. The maximum Gasteiger partial charge on any atom is 0.291 e. The second-order valence-electron chi connectivity index (χ2n) is 7.35. The van der Waals surface area contributed by atoms with Crippen LogP contribution in [-0.4, -0.2) is 7.11 Å². The molecule has 1 heterocycles. The molecule has 0 amide bonds. The van der Waals surface area contributed by atoms with Gasteiger partial charge in [0, 0.05) is 11.5 Å². The van der Waals surface area contributed by atoms with Gasteiger partial charge in [0.2, 0.25) is 0 Å². The molecule has 2 rings (SSSR count). The molecule has 0 saturated heterocycles. The van der Waals surface area contributed by atoms with Gasteiger partial charge < -0.3 is 9.15 Å². The Bertz CT molecular complexity index is 820. The molecule has 0 aliphatic heterocycles. The molecule has 0 radical (unpaired) electrons. The van der Waals surface area contributed by atoms with E-state index in [1.807, 2.05) is 6.92 Å². The highest BCUT2D eigenvalue weighted by molar-refractivity contribution is 5.46. The van der Waals surface area contributed by atoms with Gasteiger partial charge >= 0.3 is 0 Å². The standard InChI is InChI=1S/C22H30O3/c1-9-10-14(3)18-15(4)11-13(2)12-22(18,7)20-16(5)19(23)17(6)21(24-8)25-20/h10-12,18H,9H2,1-8H3/b14-10-/t18-,22+/m0/s1. The summed E-state index contributed by atoms with van der Waals surface area (Å²) in [6, 6.07) is 0. The fourth-order valence-corrected chi connectivity index (χ4v) is 4.41. The van der Waals surface area contributed by atoms with Crippen LogP contribution in [0.15, 0.2) is 44.2 Å². The van der Waals surface area contributed by atoms with Crippen molar-refractivity contribution in [3.05, 3.63) is 62.1 Å². The number of ether oxygens (including phenoxy) is 1. The minimum Gasteiger partial charge on any atom is -0.468 e. The topological polar surface area (TPSA) is 39.4 Å². The molecule has 1 aliphatic rings. The summed E-state index contributed by atoms with van der Waals surface area (Å²) < 4.78 is 11.5. The van der Waals surface area contributed by atoms with E-state index in [-0.39, 0.29) is 11.3 Å². The van der Waals surface area contributed by atoms with Gasteiger partial charge in [-0.3, -0.25) is 4.79 Å². The summed E-state index contributed by atoms with van der Waals surface area (Å²) >= 11 is 0. The highest BCUT2D eigenvalue weighted by Crippen LogP contribution is 2.47. The minimum atomic E-state index is -0.428. The summed E-state index contributed by atoms with van der Waals surface area (Å²) in [5.74, 6) is 1.16. The van der Waals surface area contributed by atoms with Crippen molar-refractivity contribution in [1.29, 1.82) is 0 Å². The summed E-state index contributed by atoms with van der Waals surface area (Å²) in [5, 5.41) is 0. The molecule has 136 valence electrons. The maximum atomic E-state index is 12.7. The van der Waals surface area contributed by atoms with Gasteiger partial charge in [-0.15, -0.1) is 0 Å². The lowest BCUT2D eigenvalue weighted by molar-refractivity contribution is 0.249. The van der Waals surface area contributed by atoms with Crippen LogP contribution in [0.1, 0.15) is 57.9 Å². The average Bonchev–Trinajstić information content (AvgIpc) is 2.52. The molecule has 3 nitrogen and oxygen atoms in total. The van der Waals surface area contributed by atoms with Crippen LogP contribution >= 0.6 is 0 Å². The lowest BCUT2D eigenvalue weighted by Gasteiger charge is -2.40. The maximum absolute atomic E-state index is 12.7. The summed E-state index contributed by atoms with van der Waals surface area (Å²) in [4.78, 5) is 12.7. The van der Waals surface area contributed by atoms with Crippen molar-refractivity contribution in [1.82, 2.24) is 0 Å². The van der Waals surface area contributed by atoms with E-state index in [0.29, 0.717) is 22.8 Å². The summed E-state index contributed by atoms with van der Waals surface area (Å²) in [5.41, 5.74) is 4.51. The van der Waals surface area contributed by atoms with Gasteiger partial charge in [-0.1, -0.05) is 41.9 Å². The number of methoxy groups -OCH3 is 1. The fraction of sp³-hybridized carbons (Fsp3) is 0.500. The summed E-state index contributed by atoms with van der Waals surface area (Å²) in [7, 11) is 1.54. The first-order valence-corrected chi connectivity index (χ1v) is 8.90. The Balaban J connectivity index is 2.81. The van der Waals surface area contributed by atoms with Crippen molar-refractivity contribution in [3.63, 3.8) is 0 Å². The highest BCUT2D eigenvalue weighted by Gasteiger charge is 2.42. The third kappa shape index (κ3) is 3.24. The van der Waals surface area contributed by atoms with Gasteiger partial charge in [0.25, 0.3) is 5.95 Å². The number of rotatable bonds is 4. The smallest absolute Gasteiger partial charge is 0.291 e. The third-order valence-corrected chi connectivity index (χ3v) is 5.22. The Labute approximate surface area is 151 Å². The van der Waals surface area contributed by atoms with Crippen molar-refractivity contribution in [2.24, 2.45) is 5.92 Å². The Kier molecular flexibility index (Phi) is 5.46. The Morgan fingerprint density at radius 2 is 1.92 bits per heavy atom. The van der Waals surface area contributed by atoms with Gasteiger partial charge in [-0.05, 0) is 48.0 Å². The van der Waals surface area contributed by atoms with Crippen LogP contribution in [0, 0.1) is 19.8 Å². The normalized spacial score (nSPS) is 24.0. The second-order valence-corrected chi connectivity index (χ2v) is 7.35. The molecule has 0 N–H and O–H groups in total. The van der Waals surface area contributed by atoms with Crippen LogP contribution in [0.2, 0.25) is 0 Å². The van der Waals surface area contributed by atoms with E-state index in [0.717, 1.165) is 6.42 Å². The van der Waals surface area contributed by atoms with Gasteiger partial charge in [0.05, 0.1) is 18.1 Å². The van der Waals surface area contributed by atoms with Crippen molar-refractivity contribution >= 4 is 0 Å². The SMILES string of the molecule is CC/C=C(/C)[C@H]1C(C)=CC(C)=C[C@@]1(C)c1oc(OC)c(C)c(=O)c1C. The van der Waals surface area contributed by atoms with E-state index in [4.69, 9.17) is 9.15 Å². The largest absolute Gasteiger partial charge is 0.468 e. The van der Waals surface area contributed by atoms with Crippen LogP contribution in [0.5, 0.6) is 5.95 Å². The first-order chi connectivity index (χ1) is 11.7. The molecule has 1 aromatic rings. The van der Waals surface area contributed by atoms with Gasteiger partial charge in [0.15, 0.2) is 5.43 Å². The fourth-order valence-electron chi connectivity index (χ4n) is 4.41. The third-order valence-electron chi connectivity index (χ3n) is 5.22. The van der Waals surface area contributed by atoms with E-state index in [1.165, 1.54) is 16.7 Å². The van der Waals surface area contributed by atoms with E-state index >= 15 is 0 Å². The van der Waals surface area contributed by atoms with Gasteiger partial charge in [-0.2, -0.15) is 0 Å². The minimum absolute atomic E-state index is 0.00606. The summed E-state index contributed by atoms with van der Waals surface area (Å²) in [6.45, 7) is 14.3. The lowest BCUT2D eigenvalue weighted by Crippen LogP contribution is -2.36. The van der Waals surface area contributed by atoms with E-state index < -0.39 is 5.41 Å². The quantitative estimate of drug-likeness (QED) is 0.688. The van der Waals surface area contributed by atoms with E-state index in [9.17, 15) is 4.79 Å². The van der Waals surface area contributed by atoms with Crippen LogP contribution in [0.25, 0.3) is 0 Å². The first-order valence-electron chi connectivity index (χ1n) is 8.90. The molecule has 0 saturated carbocycles. The molecular weight excluding hydrogens is 312 g/mol. The van der Waals surface area contributed by atoms with Gasteiger partial charge in [0.1, 0.15) is 5.76 Å². The zero-order chi connectivity index (χ0) is 18.9. The molecule has 0 unspecified atom stereocenters. The molecule has 1 aromatic heterocycles. The van der Waals surface area contributed by atoms with Crippen molar-refractivity contribution in [2.45, 2.75) is 60.3 Å². The molecule has 25 heavy (non-hydrogen) atoms. The molecular formula is C22H30O3. The van der Waals surface area contributed by atoms with Gasteiger partial charge in [-0.25, -0.2) is 0 Å². The predicted octanol–water partition coefficient (Wildman–Crippen LogP) is 5.40. The van der Waals surface area contributed by atoms with Crippen molar-refractivity contribution in [3.8, 4) is 5.95 Å². The van der Waals surface area contributed by atoms with Crippen LogP contribution in [0.4, 0.5) is 0 Å². The van der Waals surface area contributed by atoms with Crippen LogP contribution in [-0.2, 0) is 5.41 Å². The molecule has 0 bridgehead atoms. The Morgan fingerprint density at radius 3 is 2.48 bits per heavy atom. The second kappa shape index (κ2) is 7.07. The number of hydrogen-bond acceptors (Lipinski definition) is 3. The van der Waals surface area contributed by atoms with Crippen molar-refractivity contribution < 1.29 is 9.15 Å². The van der Waals surface area contributed by atoms with E-state index in [2.05, 4.69) is 52.8 Å². The number of hydrogen-bond donors (Lipinski definition) is 0. The Morgan fingerprint density at radius 1 is 1.28 bits per heavy atom. The zero-order valence-corrected chi connectivity index (χ0v) is 16.7. The predicted molar refractivity (Wildman–Crippen MR) is 103 cm³/mol. The average molecular weight is 342 g/mol. The lowest BCUT2D eigenvalue weighted by atomic mass is 9.64.